The first-order chi connectivity index (χ1) is 4.60. The highest BCUT2D eigenvalue weighted by molar-refractivity contribution is 4.77. The summed E-state index contributed by atoms with van der Waals surface area (Å²) in [4.78, 5) is 0. The van der Waals surface area contributed by atoms with Crippen LogP contribution in [0.4, 0.5) is 8.78 Å². The fourth-order valence-corrected chi connectivity index (χ4v) is 1.44. The normalized spacial score (nSPS) is 33.3. The summed E-state index contributed by atoms with van der Waals surface area (Å²) in [5, 5.41) is 0. The van der Waals surface area contributed by atoms with Crippen LogP contribution in [0, 0.1) is 12.8 Å². The Morgan fingerprint density at radius 3 is 2.70 bits per heavy atom. The molecule has 59 valence electrons. The molecule has 0 N–H and O–H groups in total. The van der Waals surface area contributed by atoms with E-state index in [-0.39, 0.29) is 18.8 Å². The second-order valence-electron chi connectivity index (χ2n) is 3.17. The molecule has 1 radical (unpaired) electrons. The molecule has 0 aromatic heterocycles. The molecule has 1 fully saturated rings. The van der Waals surface area contributed by atoms with Crippen molar-refractivity contribution in [1.29, 1.82) is 0 Å². The van der Waals surface area contributed by atoms with Crippen molar-refractivity contribution in [3.05, 3.63) is 6.92 Å². The van der Waals surface area contributed by atoms with Gasteiger partial charge in [-0.05, 0) is 19.3 Å². The Bertz CT molecular complexity index is 110. The van der Waals surface area contributed by atoms with Crippen LogP contribution in [0.2, 0.25) is 0 Å². The van der Waals surface area contributed by atoms with Crippen LogP contribution in [0.1, 0.15) is 32.1 Å². The highest BCUT2D eigenvalue weighted by Crippen LogP contribution is 2.34. The van der Waals surface area contributed by atoms with Crippen LogP contribution in [0.5, 0.6) is 0 Å². The molecular formula is C8H13F2. The van der Waals surface area contributed by atoms with Crippen molar-refractivity contribution >= 4 is 0 Å². The third-order valence-electron chi connectivity index (χ3n) is 1.99. The highest BCUT2D eigenvalue weighted by Gasteiger charge is 2.32. The average molecular weight is 147 g/mol. The maximum absolute atomic E-state index is 12.7. The lowest BCUT2D eigenvalue weighted by atomic mass is 10.0. The Morgan fingerprint density at radius 2 is 2.00 bits per heavy atom. The van der Waals surface area contributed by atoms with Crippen molar-refractivity contribution in [2.75, 3.05) is 0 Å². The third-order valence-corrected chi connectivity index (χ3v) is 1.99. The van der Waals surface area contributed by atoms with Crippen LogP contribution in [0.3, 0.4) is 0 Å². The predicted molar refractivity (Wildman–Crippen MR) is 36.9 cm³/mol. The molecule has 1 aliphatic carbocycles. The van der Waals surface area contributed by atoms with Gasteiger partial charge in [0.05, 0.1) is 0 Å². The molecule has 0 spiro atoms. The molecule has 1 unspecified atom stereocenters. The summed E-state index contributed by atoms with van der Waals surface area (Å²) in [5.74, 6) is -2.46. The lowest BCUT2D eigenvalue weighted by Gasteiger charge is -2.15. The number of alkyl halides is 2. The van der Waals surface area contributed by atoms with Crippen LogP contribution < -0.4 is 0 Å². The Labute approximate surface area is 60.6 Å². The second-order valence-corrected chi connectivity index (χ2v) is 3.17. The first-order valence-corrected chi connectivity index (χ1v) is 3.81. The summed E-state index contributed by atoms with van der Waals surface area (Å²) in [6.45, 7) is 3.67. The van der Waals surface area contributed by atoms with Crippen molar-refractivity contribution < 1.29 is 8.78 Å². The molecule has 1 saturated carbocycles. The topological polar surface area (TPSA) is 0 Å². The van der Waals surface area contributed by atoms with E-state index in [1.807, 2.05) is 0 Å². The zero-order chi connectivity index (χ0) is 7.61. The van der Waals surface area contributed by atoms with Crippen molar-refractivity contribution in [3.8, 4) is 0 Å². The number of hydrogen-bond acceptors (Lipinski definition) is 0. The van der Waals surface area contributed by atoms with Gasteiger partial charge in [-0.1, -0.05) is 12.8 Å². The standard InChI is InChI=1S/C8H13F2/c1-7-4-2-3-5-8(9,10)6-7/h7H,1-6H2. The van der Waals surface area contributed by atoms with E-state index in [1.54, 1.807) is 0 Å². The van der Waals surface area contributed by atoms with Crippen molar-refractivity contribution in [2.45, 2.75) is 38.0 Å². The van der Waals surface area contributed by atoms with Crippen LogP contribution >= 0.6 is 0 Å². The van der Waals surface area contributed by atoms with Gasteiger partial charge in [0.2, 0.25) is 5.92 Å². The summed E-state index contributed by atoms with van der Waals surface area (Å²) in [6, 6.07) is 0. The van der Waals surface area contributed by atoms with Gasteiger partial charge in [0.15, 0.2) is 0 Å². The molecular weight excluding hydrogens is 134 g/mol. The van der Waals surface area contributed by atoms with E-state index in [1.165, 1.54) is 0 Å². The summed E-state index contributed by atoms with van der Waals surface area (Å²) in [5.41, 5.74) is 0. The fourth-order valence-electron chi connectivity index (χ4n) is 1.44. The highest BCUT2D eigenvalue weighted by atomic mass is 19.3. The SMILES string of the molecule is [CH2]C1CCCCC(F)(F)C1. The first-order valence-electron chi connectivity index (χ1n) is 3.81. The minimum Gasteiger partial charge on any atom is -0.207 e. The molecule has 1 atom stereocenters. The number of hydrogen-bond donors (Lipinski definition) is 0. The first kappa shape index (κ1) is 7.96. The molecule has 2 heteroatoms. The van der Waals surface area contributed by atoms with Gasteiger partial charge in [0.1, 0.15) is 0 Å². The molecule has 1 aliphatic rings. The van der Waals surface area contributed by atoms with E-state index >= 15 is 0 Å². The van der Waals surface area contributed by atoms with Crippen LogP contribution in [0.25, 0.3) is 0 Å². The zero-order valence-electron chi connectivity index (χ0n) is 6.08. The molecule has 0 bridgehead atoms. The van der Waals surface area contributed by atoms with E-state index in [0.29, 0.717) is 6.42 Å². The van der Waals surface area contributed by atoms with Gasteiger partial charge >= 0.3 is 0 Å². The molecule has 0 nitrogen and oxygen atoms in total. The van der Waals surface area contributed by atoms with Crippen LogP contribution in [-0.4, -0.2) is 5.92 Å². The van der Waals surface area contributed by atoms with Gasteiger partial charge in [-0.25, -0.2) is 8.78 Å². The minimum atomic E-state index is -2.43. The van der Waals surface area contributed by atoms with E-state index in [0.717, 1.165) is 12.8 Å². The van der Waals surface area contributed by atoms with Crippen LogP contribution in [0.15, 0.2) is 0 Å². The van der Waals surface area contributed by atoms with Crippen molar-refractivity contribution in [2.24, 2.45) is 5.92 Å². The summed E-state index contributed by atoms with van der Waals surface area (Å²) in [6.07, 6.45) is 2.52. The van der Waals surface area contributed by atoms with E-state index < -0.39 is 5.92 Å². The predicted octanol–water partition coefficient (Wildman–Crippen LogP) is 3.04. The molecule has 0 heterocycles. The molecule has 0 saturated heterocycles. The molecule has 0 amide bonds. The lowest BCUT2D eigenvalue weighted by molar-refractivity contribution is -0.0209. The lowest BCUT2D eigenvalue weighted by Crippen LogP contribution is -2.16. The maximum atomic E-state index is 12.7. The monoisotopic (exact) mass is 147 g/mol. The Morgan fingerprint density at radius 1 is 1.30 bits per heavy atom. The van der Waals surface area contributed by atoms with Gasteiger partial charge in [-0.15, -0.1) is 0 Å². The smallest absolute Gasteiger partial charge is 0.207 e. The quantitative estimate of drug-likeness (QED) is 0.462. The number of halogens is 2. The van der Waals surface area contributed by atoms with Crippen molar-refractivity contribution in [3.63, 3.8) is 0 Å². The Balaban J connectivity index is 2.46. The fraction of sp³-hybridized carbons (Fsp3) is 0.875. The van der Waals surface area contributed by atoms with Gasteiger partial charge in [0.25, 0.3) is 0 Å². The van der Waals surface area contributed by atoms with Gasteiger partial charge in [0, 0.05) is 12.8 Å². The molecule has 0 aromatic rings. The zero-order valence-corrected chi connectivity index (χ0v) is 6.08. The molecule has 0 aliphatic heterocycles. The largest absolute Gasteiger partial charge is 0.248 e. The summed E-state index contributed by atoms with van der Waals surface area (Å²) in [7, 11) is 0. The molecule has 1 rings (SSSR count). The van der Waals surface area contributed by atoms with Gasteiger partial charge in [-0.3, -0.25) is 0 Å². The second kappa shape index (κ2) is 2.85. The average Bonchev–Trinajstić information content (AvgIpc) is 1.90. The Kier molecular flexibility index (Phi) is 2.27. The summed E-state index contributed by atoms with van der Waals surface area (Å²) >= 11 is 0. The van der Waals surface area contributed by atoms with E-state index in [4.69, 9.17) is 0 Å². The van der Waals surface area contributed by atoms with Gasteiger partial charge in [-0.2, -0.15) is 0 Å². The summed E-state index contributed by atoms with van der Waals surface area (Å²) < 4.78 is 25.3. The maximum Gasteiger partial charge on any atom is 0.248 e. The van der Waals surface area contributed by atoms with Gasteiger partial charge < -0.3 is 0 Å². The third kappa shape index (κ3) is 2.24. The molecule has 0 aromatic carbocycles. The van der Waals surface area contributed by atoms with Crippen LogP contribution in [-0.2, 0) is 0 Å². The minimum absolute atomic E-state index is 0.00694. The number of rotatable bonds is 0. The Hall–Kier alpha value is -0.140. The molecule has 10 heavy (non-hydrogen) atoms. The van der Waals surface area contributed by atoms with E-state index in [9.17, 15) is 8.78 Å². The van der Waals surface area contributed by atoms with Crippen molar-refractivity contribution in [1.82, 2.24) is 0 Å². The van der Waals surface area contributed by atoms with E-state index in [2.05, 4.69) is 6.92 Å².